The molecule has 1 heterocycles. The van der Waals surface area contributed by atoms with Crippen molar-refractivity contribution < 1.29 is 28.4 Å². The van der Waals surface area contributed by atoms with E-state index in [0.29, 0.717) is 54.4 Å². The molecule has 2 aromatic rings. The van der Waals surface area contributed by atoms with E-state index in [4.69, 9.17) is 34.2 Å². The number of hydrogen-bond donors (Lipinski definition) is 1. The highest BCUT2D eigenvalue weighted by molar-refractivity contribution is 5.65. The monoisotopic (exact) mass is 484 g/mol. The fraction of sp³-hybridized carbons (Fsp3) is 0.519. The molecule has 0 aromatic heterocycles. The normalized spacial score (nSPS) is 17.0. The molecule has 3 atom stereocenters. The Balaban J connectivity index is 1.73. The number of nitriles is 1. The molecule has 3 unspecified atom stereocenters. The molecule has 1 aliphatic heterocycles. The molecule has 2 aromatic carbocycles. The van der Waals surface area contributed by atoms with Crippen molar-refractivity contribution in [2.24, 2.45) is 5.73 Å². The van der Waals surface area contributed by atoms with Gasteiger partial charge in [-0.3, -0.25) is 0 Å². The molecule has 8 heteroatoms. The molecule has 3 rings (SSSR count). The predicted molar refractivity (Wildman–Crippen MR) is 133 cm³/mol. The van der Waals surface area contributed by atoms with Crippen LogP contribution < -0.4 is 34.2 Å². The van der Waals surface area contributed by atoms with E-state index >= 15 is 0 Å². The van der Waals surface area contributed by atoms with Crippen LogP contribution in [0.4, 0.5) is 0 Å². The summed E-state index contributed by atoms with van der Waals surface area (Å²) in [5.74, 6) is 3.31. The molecule has 0 saturated carbocycles. The van der Waals surface area contributed by atoms with Crippen LogP contribution in [0.5, 0.6) is 34.5 Å². The third-order valence-corrected chi connectivity index (χ3v) is 6.63. The Morgan fingerprint density at radius 1 is 1.06 bits per heavy atom. The molecule has 0 fully saturated rings. The van der Waals surface area contributed by atoms with Crippen LogP contribution >= 0.6 is 0 Å². The number of methoxy groups -OCH3 is 4. The first-order valence-electron chi connectivity index (χ1n) is 11.9. The zero-order valence-electron chi connectivity index (χ0n) is 21.3. The number of ether oxygens (including phenoxy) is 6. The topological polar surface area (TPSA) is 105 Å². The second kappa shape index (κ2) is 11.9. The van der Waals surface area contributed by atoms with Gasteiger partial charge in [0, 0.05) is 18.0 Å². The van der Waals surface area contributed by atoms with E-state index < -0.39 is 5.41 Å². The van der Waals surface area contributed by atoms with Gasteiger partial charge < -0.3 is 34.2 Å². The van der Waals surface area contributed by atoms with Crippen molar-refractivity contribution in [3.05, 3.63) is 35.9 Å². The first kappa shape index (κ1) is 26.3. The van der Waals surface area contributed by atoms with E-state index in [9.17, 15) is 5.26 Å². The molecule has 0 amide bonds. The van der Waals surface area contributed by atoms with Crippen molar-refractivity contribution in [2.75, 3.05) is 35.0 Å². The van der Waals surface area contributed by atoms with Crippen molar-refractivity contribution in [2.45, 2.75) is 56.6 Å². The van der Waals surface area contributed by atoms with Crippen LogP contribution in [-0.4, -0.2) is 47.2 Å². The Morgan fingerprint density at radius 2 is 1.74 bits per heavy atom. The summed E-state index contributed by atoms with van der Waals surface area (Å²) in [4.78, 5) is 0. The quantitative estimate of drug-likeness (QED) is 0.465. The van der Waals surface area contributed by atoms with E-state index in [-0.39, 0.29) is 12.1 Å². The first-order chi connectivity index (χ1) is 17.0. The second-order valence-electron chi connectivity index (χ2n) is 8.66. The molecule has 0 radical (unpaired) electrons. The van der Waals surface area contributed by atoms with Crippen LogP contribution in [0, 0.1) is 11.3 Å². The second-order valence-corrected chi connectivity index (χ2v) is 8.66. The van der Waals surface area contributed by atoms with Gasteiger partial charge in [-0.15, -0.1) is 0 Å². The smallest absolute Gasteiger partial charge is 0.207 e. The van der Waals surface area contributed by atoms with Crippen LogP contribution in [0.2, 0.25) is 0 Å². The Hall–Kier alpha value is -3.31. The number of benzene rings is 2. The highest BCUT2D eigenvalue weighted by atomic mass is 16.6. The van der Waals surface area contributed by atoms with Gasteiger partial charge in [0.15, 0.2) is 23.0 Å². The maximum absolute atomic E-state index is 10.3. The highest BCUT2D eigenvalue weighted by Gasteiger charge is 2.37. The lowest BCUT2D eigenvalue weighted by Crippen LogP contribution is -2.36. The Kier molecular flexibility index (Phi) is 8.94. The average molecular weight is 485 g/mol. The van der Waals surface area contributed by atoms with E-state index in [1.807, 2.05) is 37.3 Å². The average Bonchev–Trinajstić information content (AvgIpc) is 2.89. The highest BCUT2D eigenvalue weighted by Crippen LogP contribution is 2.51. The van der Waals surface area contributed by atoms with Crippen LogP contribution in [0.25, 0.3) is 0 Å². The lowest BCUT2D eigenvalue weighted by Gasteiger charge is -2.30. The Morgan fingerprint density at radius 3 is 2.34 bits per heavy atom. The summed E-state index contributed by atoms with van der Waals surface area (Å²) in [6.07, 6.45) is 3.28. The van der Waals surface area contributed by atoms with Crippen molar-refractivity contribution >= 4 is 0 Å². The Labute approximate surface area is 207 Å². The van der Waals surface area contributed by atoms with Crippen LogP contribution in [-0.2, 0) is 5.41 Å². The zero-order chi connectivity index (χ0) is 25.4. The third-order valence-electron chi connectivity index (χ3n) is 6.63. The summed E-state index contributed by atoms with van der Waals surface area (Å²) >= 11 is 0. The fourth-order valence-corrected chi connectivity index (χ4v) is 4.69. The van der Waals surface area contributed by atoms with E-state index in [0.717, 1.165) is 24.3 Å². The molecule has 0 saturated heterocycles. The van der Waals surface area contributed by atoms with Crippen molar-refractivity contribution in [1.82, 2.24) is 0 Å². The maximum atomic E-state index is 10.3. The molecule has 0 spiro atoms. The number of nitrogens with zero attached hydrogens (tertiary/aromatic N) is 1. The van der Waals surface area contributed by atoms with Crippen LogP contribution in [0.1, 0.15) is 44.6 Å². The predicted octanol–water partition coefficient (Wildman–Crippen LogP) is 4.62. The molecule has 8 nitrogen and oxygen atoms in total. The summed E-state index contributed by atoms with van der Waals surface area (Å²) < 4.78 is 34.2. The SMILES string of the molecule is CCC(C#N)(CCCC(N)CC1COc2ccccc2O1)c1cc(OC)c(OC)c(OC)c1OC. The van der Waals surface area contributed by atoms with Gasteiger partial charge >= 0.3 is 0 Å². The molecule has 2 N–H and O–H groups in total. The van der Waals surface area contributed by atoms with Gasteiger partial charge in [0.2, 0.25) is 11.5 Å². The lowest BCUT2D eigenvalue weighted by molar-refractivity contribution is 0.0789. The molecule has 0 aliphatic carbocycles. The summed E-state index contributed by atoms with van der Waals surface area (Å²) in [5, 5.41) is 10.3. The summed E-state index contributed by atoms with van der Waals surface area (Å²) in [6.45, 7) is 2.47. The van der Waals surface area contributed by atoms with Crippen molar-refractivity contribution in [1.29, 1.82) is 5.26 Å². The maximum Gasteiger partial charge on any atom is 0.207 e. The summed E-state index contributed by atoms with van der Waals surface area (Å²) in [5.41, 5.74) is 6.37. The molecular formula is C27H36N2O6. The molecule has 1 aliphatic rings. The van der Waals surface area contributed by atoms with Crippen LogP contribution in [0.3, 0.4) is 0 Å². The van der Waals surface area contributed by atoms with Gasteiger partial charge in [0.1, 0.15) is 12.7 Å². The summed E-state index contributed by atoms with van der Waals surface area (Å²) in [7, 11) is 6.20. The number of nitrogens with two attached hydrogens (primary N) is 1. The lowest BCUT2D eigenvalue weighted by atomic mass is 9.74. The van der Waals surface area contributed by atoms with Crippen molar-refractivity contribution in [3.8, 4) is 40.6 Å². The molecule has 190 valence electrons. The standard InChI is InChI=1S/C27H36N2O6/c1-6-27(17-28,20-15-23(30-2)25(32-4)26(33-5)24(20)31-3)13-9-10-18(29)14-19-16-34-21-11-7-8-12-22(21)35-19/h7-8,11-12,15,18-19H,6,9-10,13-14,16,29H2,1-5H3. The number of rotatable bonds is 12. The van der Waals surface area contributed by atoms with Gasteiger partial charge in [-0.05, 0) is 43.9 Å². The molecular weight excluding hydrogens is 448 g/mol. The van der Waals surface area contributed by atoms with E-state index in [2.05, 4.69) is 6.07 Å². The van der Waals surface area contributed by atoms with Crippen LogP contribution in [0.15, 0.2) is 30.3 Å². The van der Waals surface area contributed by atoms with E-state index in [1.165, 1.54) is 14.2 Å². The molecule has 35 heavy (non-hydrogen) atoms. The van der Waals surface area contributed by atoms with Gasteiger partial charge in [-0.25, -0.2) is 0 Å². The summed E-state index contributed by atoms with van der Waals surface area (Å²) in [6, 6.07) is 11.9. The largest absolute Gasteiger partial charge is 0.493 e. The third kappa shape index (κ3) is 5.51. The zero-order valence-corrected chi connectivity index (χ0v) is 21.3. The van der Waals surface area contributed by atoms with Crippen molar-refractivity contribution in [3.63, 3.8) is 0 Å². The van der Waals surface area contributed by atoms with Gasteiger partial charge in [0.05, 0.1) is 39.9 Å². The number of para-hydroxylation sites is 2. The minimum atomic E-state index is -0.804. The fourth-order valence-electron chi connectivity index (χ4n) is 4.69. The van der Waals surface area contributed by atoms with Gasteiger partial charge in [0.25, 0.3) is 0 Å². The number of fused-ring (bicyclic) bond motifs is 1. The number of hydrogen-bond acceptors (Lipinski definition) is 8. The van der Waals surface area contributed by atoms with Gasteiger partial charge in [-0.2, -0.15) is 5.26 Å². The van der Waals surface area contributed by atoms with Gasteiger partial charge in [-0.1, -0.05) is 19.1 Å². The first-order valence-corrected chi connectivity index (χ1v) is 11.9. The minimum absolute atomic E-state index is 0.0797. The minimum Gasteiger partial charge on any atom is -0.493 e. The molecule has 0 bridgehead atoms. The van der Waals surface area contributed by atoms with E-state index in [1.54, 1.807) is 14.2 Å². The Bertz CT molecular complexity index is 1040.